The van der Waals surface area contributed by atoms with Gasteiger partial charge in [-0.15, -0.1) is 11.3 Å². The Morgan fingerprint density at radius 1 is 1.03 bits per heavy atom. The van der Waals surface area contributed by atoms with Crippen molar-refractivity contribution in [2.75, 3.05) is 33.3 Å². The van der Waals surface area contributed by atoms with Crippen LogP contribution in [0.2, 0.25) is 0 Å². The van der Waals surface area contributed by atoms with Gasteiger partial charge in [-0.3, -0.25) is 4.90 Å². The first-order valence-electron chi connectivity index (χ1n) is 10.4. The van der Waals surface area contributed by atoms with E-state index in [9.17, 15) is 0 Å². The molecular weight excluding hydrogens is 392 g/mol. The molecule has 0 bridgehead atoms. The second-order valence-corrected chi connectivity index (χ2v) is 8.59. The van der Waals surface area contributed by atoms with Crippen molar-refractivity contribution in [3.8, 4) is 27.4 Å². The van der Waals surface area contributed by atoms with Crippen LogP contribution >= 0.6 is 11.3 Å². The number of hydrogen-bond acceptors (Lipinski definition) is 5. The van der Waals surface area contributed by atoms with Crippen LogP contribution in [0.1, 0.15) is 12.1 Å². The molecule has 5 rings (SSSR count). The minimum atomic E-state index is 0.864. The molecule has 0 amide bonds. The third-order valence-corrected chi connectivity index (χ3v) is 6.61. The van der Waals surface area contributed by atoms with E-state index in [0.29, 0.717) is 0 Å². The number of benzene rings is 1. The first-order chi connectivity index (χ1) is 14.8. The van der Waals surface area contributed by atoms with E-state index in [-0.39, 0.29) is 0 Å². The highest BCUT2D eigenvalue weighted by Gasteiger charge is 2.19. The third-order valence-electron chi connectivity index (χ3n) is 5.69. The van der Waals surface area contributed by atoms with Crippen molar-refractivity contribution in [2.24, 2.45) is 0 Å². The predicted octanol–water partition coefficient (Wildman–Crippen LogP) is 4.53. The summed E-state index contributed by atoms with van der Waals surface area (Å²) >= 11 is 1.77. The van der Waals surface area contributed by atoms with Crippen LogP contribution in [-0.2, 0) is 6.54 Å². The quantitative estimate of drug-likeness (QED) is 0.517. The molecule has 1 saturated heterocycles. The van der Waals surface area contributed by atoms with Crippen LogP contribution in [0.15, 0.2) is 60.1 Å². The van der Waals surface area contributed by atoms with Gasteiger partial charge in [0.15, 0.2) is 0 Å². The largest absolute Gasteiger partial charge is 0.497 e. The van der Waals surface area contributed by atoms with E-state index in [0.717, 1.165) is 55.4 Å². The average Bonchev–Trinajstić information content (AvgIpc) is 3.36. The maximum absolute atomic E-state index is 5.35. The smallest absolute Gasteiger partial charge is 0.137 e. The molecule has 154 valence electrons. The molecule has 0 spiro atoms. The van der Waals surface area contributed by atoms with E-state index in [4.69, 9.17) is 9.72 Å². The van der Waals surface area contributed by atoms with Crippen molar-refractivity contribution < 1.29 is 4.74 Å². The minimum Gasteiger partial charge on any atom is -0.497 e. The molecule has 1 aromatic carbocycles. The highest BCUT2D eigenvalue weighted by molar-refractivity contribution is 7.13. The Morgan fingerprint density at radius 2 is 1.90 bits per heavy atom. The maximum atomic E-state index is 5.35. The van der Waals surface area contributed by atoms with Crippen LogP contribution in [-0.4, -0.2) is 47.6 Å². The SMILES string of the molecule is COc1ccc(-c2nc3ccc(-c4cccs4)cn3c2CN2CCCNCC2)cc1. The number of imidazole rings is 1. The topological polar surface area (TPSA) is 41.8 Å². The lowest BCUT2D eigenvalue weighted by Crippen LogP contribution is -2.28. The van der Waals surface area contributed by atoms with Gasteiger partial charge < -0.3 is 14.5 Å². The molecule has 3 aromatic heterocycles. The van der Waals surface area contributed by atoms with Crippen molar-refractivity contribution in [3.05, 3.63) is 65.8 Å². The number of methoxy groups -OCH3 is 1. The molecule has 0 aliphatic carbocycles. The van der Waals surface area contributed by atoms with Gasteiger partial charge in [0.05, 0.1) is 18.5 Å². The van der Waals surface area contributed by atoms with Crippen LogP contribution in [0.3, 0.4) is 0 Å². The Bertz CT molecular complexity index is 1110. The molecule has 4 aromatic rings. The zero-order chi connectivity index (χ0) is 20.3. The molecule has 0 saturated carbocycles. The second kappa shape index (κ2) is 8.60. The normalized spacial score (nSPS) is 15.4. The van der Waals surface area contributed by atoms with Crippen molar-refractivity contribution in [3.63, 3.8) is 0 Å². The number of ether oxygens (including phenoxy) is 1. The predicted molar refractivity (Wildman–Crippen MR) is 123 cm³/mol. The highest BCUT2D eigenvalue weighted by atomic mass is 32.1. The van der Waals surface area contributed by atoms with Crippen LogP contribution in [0, 0.1) is 0 Å². The zero-order valence-electron chi connectivity index (χ0n) is 17.2. The van der Waals surface area contributed by atoms with Gasteiger partial charge in [0, 0.05) is 41.8 Å². The monoisotopic (exact) mass is 418 g/mol. The van der Waals surface area contributed by atoms with Gasteiger partial charge >= 0.3 is 0 Å². The molecule has 4 heterocycles. The van der Waals surface area contributed by atoms with Gasteiger partial charge in [-0.25, -0.2) is 4.98 Å². The van der Waals surface area contributed by atoms with Crippen LogP contribution in [0.4, 0.5) is 0 Å². The molecule has 1 N–H and O–H groups in total. The minimum absolute atomic E-state index is 0.864. The molecule has 6 heteroatoms. The first-order valence-corrected chi connectivity index (χ1v) is 11.3. The number of fused-ring (bicyclic) bond motifs is 1. The van der Waals surface area contributed by atoms with Gasteiger partial charge in [0.25, 0.3) is 0 Å². The Morgan fingerprint density at radius 3 is 2.70 bits per heavy atom. The Kier molecular flexibility index (Phi) is 5.53. The number of aromatic nitrogens is 2. The number of nitrogens with zero attached hydrogens (tertiary/aromatic N) is 3. The number of nitrogens with one attached hydrogen (secondary N) is 1. The summed E-state index contributed by atoms with van der Waals surface area (Å²) in [5.74, 6) is 0.864. The second-order valence-electron chi connectivity index (χ2n) is 7.64. The van der Waals surface area contributed by atoms with Crippen molar-refractivity contribution in [1.29, 1.82) is 0 Å². The van der Waals surface area contributed by atoms with Gasteiger partial charge in [0.2, 0.25) is 0 Å². The lowest BCUT2D eigenvalue weighted by molar-refractivity contribution is 0.281. The fraction of sp³-hybridized carbons (Fsp3) is 0.292. The van der Waals surface area contributed by atoms with Gasteiger partial charge in [-0.1, -0.05) is 6.07 Å². The summed E-state index contributed by atoms with van der Waals surface area (Å²) in [6.45, 7) is 5.18. The van der Waals surface area contributed by atoms with Crippen molar-refractivity contribution in [2.45, 2.75) is 13.0 Å². The molecule has 0 radical (unpaired) electrons. The molecule has 1 aliphatic heterocycles. The molecule has 0 atom stereocenters. The van der Waals surface area contributed by atoms with E-state index in [1.54, 1.807) is 18.4 Å². The molecule has 1 aliphatic rings. The fourth-order valence-electron chi connectivity index (χ4n) is 4.08. The summed E-state index contributed by atoms with van der Waals surface area (Å²) in [5, 5.41) is 5.63. The van der Waals surface area contributed by atoms with Crippen LogP contribution in [0.25, 0.3) is 27.3 Å². The lowest BCUT2D eigenvalue weighted by Gasteiger charge is -2.20. The number of rotatable bonds is 5. The standard InChI is InChI=1S/C24H26N4OS/c1-29-20-8-5-18(6-9-20)24-21(17-27-13-3-11-25-12-14-27)28-16-19(7-10-23(28)26-24)22-4-2-15-30-22/h2,4-10,15-16,25H,3,11-14,17H2,1H3. The molecule has 5 nitrogen and oxygen atoms in total. The molecular formula is C24H26N4OS. The maximum Gasteiger partial charge on any atom is 0.137 e. The van der Waals surface area contributed by atoms with Crippen LogP contribution in [0.5, 0.6) is 5.75 Å². The summed E-state index contributed by atoms with van der Waals surface area (Å²) in [7, 11) is 1.70. The Balaban J connectivity index is 1.61. The number of pyridine rings is 1. The third kappa shape index (κ3) is 3.86. The van der Waals surface area contributed by atoms with Gasteiger partial charge in [-0.05, 0) is 67.4 Å². The summed E-state index contributed by atoms with van der Waals surface area (Å²) in [4.78, 5) is 8.85. The van der Waals surface area contributed by atoms with E-state index < -0.39 is 0 Å². The zero-order valence-corrected chi connectivity index (χ0v) is 18.0. The first kappa shape index (κ1) is 19.3. The Hall–Kier alpha value is -2.67. The van der Waals surface area contributed by atoms with E-state index >= 15 is 0 Å². The molecule has 1 fully saturated rings. The average molecular weight is 419 g/mol. The Labute approximate surface area is 180 Å². The van der Waals surface area contributed by atoms with Gasteiger partial charge in [0.1, 0.15) is 11.4 Å². The van der Waals surface area contributed by atoms with Crippen LogP contribution < -0.4 is 10.1 Å². The van der Waals surface area contributed by atoms with E-state index in [1.165, 1.54) is 22.6 Å². The molecule has 30 heavy (non-hydrogen) atoms. The van der Waals surface area contributed by atoms with Crippen molar-refractivity contribution in [1.82, 2.24) is 19.6 Å². The fourth-order valence-corrected chi connectivity index (χ4v) is 4.80. The van der Waals surface area contributed by atoms with Crippen molar-refractivity contribution >= 4 is 17.0 Å². The molecule has 0 unspecified atom stereocenters. The number of thiophene rings is 1. The van der Waals surface area contributed by atoms with E-state index in [1.807, 2.05) is 12.1 Å². The highest BCUT2D eigenvalue weighted by Crippen LogP contribution is 2.30. The lowest BCUT2D eigenvalue weighted by atomic mass is 10.1. The summed E-state index contributed by atoms with van der Waals surface area (Å²) in [6, 6.07) is 16.8. The summed E-state index contributed by atoms with van der Waals surface area (Å²) in [6.07, 6.45) is 3.42. The van der Waals surface area contributed by atoms with Gasteiger partial charge in [-0.2, -0.15) is 0 Å². The summed E-state index contributed by atoms with van der Waals surface area (Å²) in [5.41, 5.74) is 5.65. The number of hydrogen-bond donors (Lipinski definition) is 1. The van der Waals surface area contributed by atoms with E-state index in [2.05, 4.69) is 62.6 Å². The summed E-state index contributed by atoms with van der Waals surface area (Å²) < 4.78 is 7.63.